The Morgan fingerprint density at radius 1 is 1.47 bits per heavy atom. The zero-order valence-corrected chi connectivity index (χ0v) is 10.7. The Balaban J connectivity index is 2.45. The molecule has 2 nitrogen and oxygen atoms in total. The number of phenols is 1. The maximum atomic E-state index is 9.80. The van der Waals surface area contributed by atoms with E-state index in [9.17, 15) is 5.11 Å². The highest BCUT2D eigenvalue weighted by atomic mass is 79.9. The van der Waals surface area contributed by atoms with Gasteiger partial charge in [0, 0.05) is 15.6 Å². The van der Waals surface area contributed by atoms with Crippen molar-refractivity contribution in [2.75, 3.05) is 6.54 Å². The molecule has 0 radical (unpaired) electrons. The molecule has 2 N–H and O–H groups in total. The van der Waals surface area contributed by atoms with Crippen molar-refractivity contribution in [1.29, 1.82) is 0 Å². The van der Waals surface area contributed by atoms with Gasteiger partial charge in [0.05, 0.1) is 0 Å². The standard InChI is InChI=1S/C12H16BrNO/c1-8-10(13)6-9(7-11(8)15)12(2)4-3-5-14-12/h6-7,14-15H,3-5H2,1-2H3. The number of phenolic OH excluding ortho intramolecular Hbond substituents is 1. The minimum absolute atomic E-state index is 0.0215. The fourth-order valence-electron chi connectivity index (χ4n) is 2.12. The molecule has 0 bridgehead atoms. The summed E-state index contributed by atoms with van der Waals surface area (Å²) < 4.78 is 0.979. The van der Waals surface area contributed by atoms with Crippen LogP contribution in [0.5, 0.6) is 5.75 Å². The van der Waals surface area contributed by atoms with E-state index in [1.807, 2.05) is 13.0 Å². The van der Waals surface area contributed by atoms with Crippen LogP contribution in [0.1, 0.15) is 30.9 Å². The minimum Gasteiger partial charge on any atom is -0.508 e. The first-order valence-corrected chi connectivity index (χ1v) is 6.07. The fourth-order valence-corrected chi connectivity index (χ4v) is 2.57. The molecule has 0 aliphatic carbocycles. The molecular weight excluding hydrogens is 254 g/mol. The van der Waals surface area contributed by atoms with Gasteiger partial charge in [-0.15, -0.1) is 0 Å². The zero-order chi connectivity index (χ0) is 11.1. The number of benzene rings is 1. The van der Waals surface area contributed by atoms with Crippen molar-refractivity contribution in [3.63, 3.8) is 0 Å². The Hall–Kier alpha value is -0.540. The molecule has 1 saturated heterocycles. The molecule has 1 aromatic carbocycles. The number of aromatic hydroxyl groups is 1. The molecule has 1 aliphatic heterocycles. The normalized spacial score (nSPS) is 25.8. The molecule has 3 heteroatoms. The highest BCUT2D eigenvalue weighted by Crippen LogP contribution is 2.36. The van der Waals surface area contributed by atoms with Gasteiger partial charge in [-0.2, -0.15) is 0 Å². The van der Waals surface area contributed by atoms with Crippen LogP contribution in [0, 0.1) is 6.92 Å². The van der Waals surface area contributed by atoms with Crippen molar-refractivity contribution in [2.45, 2.75) is 32.2 Å². The van der Waals surface area contributed by atoms with Crippen LogP contribution in [0.3, 0.4) is 0 Å². The van der Waals surface area contributed by atoms with Crippen LogP contribution in [0.25, 0.3) is 0 Å². The number of rotatable bonds is 1. The van der Waals surface area contributed by atoms with Crippen molar-refractivity contribution in [3.05, 3.63) is 27.7 Å². The monoisotopic (exact) mass is 269 g/mol. The van der Waals surface area contributed by atoms with Gasteiger partial charge in [0.2, 0.25) is 0 Å². The number of hydrogen-bond acceptors (Lipinski definition) is 2. The van der Waals surface area contributed by atoms with E-state index < -0.39 is 0 Å². The lowest BCUT2D eigenvalue weighted by Crippen LogP contribution is -2.33. The van der Waals surface area contributed by atoms with Gasteiger partial charge >= 0.3 is 0 Å². The SMILES string of the molecule is Cc1c(O)cc(C2(C)CCCN2)cc1Br. The van der Waals surface area contributed by atoms with Crippen molar-refractivity contribution < 1.29 is 5.11 Å². The molecule has 0 spiro atoms. The van der Waals surface area contributed by atoms with Crippen molar-refractivity contribution in [3.8, 4) is 5.75 Å². The first kappa shape index (κ1) is 11.0. The maximum Gasteiger partial charge on any atom is 0.119 e. The van der Waals surface area contributed by atoms with Crippen LogP contribution in [-0.2, 0) is 5.54 Å². The minimum atomic E-state index is 0.0215. The number of hydrogen-bond donors (Lipinski definition) is 2. The van der Waals surface area contributed by atoms with E-state index in [0.717, 1.165) is 28.6 Å². The largest absolute Gasteiger partial charge is 0.508 e. The summed E-state index contributed by atoms with van der Waals surface area (Å²) in [5.41, 5.74) is 2.09. The molecular formula is C12H16BrNO. The van der Waals surface area contributed by atoms with Gasteiger partial charge in [0.15, 0.2) is 0 Å². The molecule has 82 valence electrons. The van der Waals surface area contributed by atoms with E-state index in [4.69, 9.17) is 0 Å². The molecule has 1 aliphatic rings. The molecule has 2 rings (SSSR count). The van der Waals surface area contributed by atoms with E-state index in [1.165, 1.54) is 6.42 Å². The van der Waals surface area contributed by atoms with Gasteiger partial charge in [0.1, 0.15) is 5.75 Å². The molecule has 1 heterocycles. The first-order chi connectivity index (χ1) is 7.03. The molecule has 1 aromatic rings. The van der Waals surface area contributed by atoms with Crippen LogP contribution in [0.2, 0.25) is 0 Å². The topological polar surface area (TPSA) is 32.3 Å². The number of halogens is 1. The Labute approximate surface area is 98.8 Å². The smallest absolute Gasteiger partial charge is 0.119 e. The Kier molecular flexibility index (Phi) is 2.77. The summed E-state index contributed by atoms with van der Waals surface area (Å²) in [5.74, 6) is 0.370. The summed E-state index contributed by atoms with van der Waals surface area (Å²) in [6, 6.07) is 3.98. The van der Waals surface area contributed by atoms with E-state index in [2.05, 4.69) is 34.2 Å². The second-order valence-corrected chi connectivity index (χ2v) is 5.32. The van der Waals surface area contributed by atoms with Crippen LogP contribution in [0.4, 0.5) is 0 Å². The van der Waals surface area contributed by atoms with E-state index in [1.54, 1.807) is 0 Å². The van der Waals surface area contributed by atoms with Gasteiger partial charge < -0.3 is 10.4 Å². The van der Waals surface area contributed by atoms with E-state index in [0.29, 0.717) is 5.75 Å². The molecule has 0 saturated carbocycles. The van der Waals surface area contributed by atoms with Gasteiger partial charge in [-0.3, -0.25) is 0 Å². The van der Waals surface area contributed by atoms with Crippen LogP contribution in [-0.4, -0.2) is 11.7 Å². The van der Waals surface area contributed by atoms with Gasteiger partial charge in [-0.1, -0.05) is 15.9 Å². The third kappa shape index (κ3) is 1.91. The quantitative estimate of drug-likeness (QED) is 0.822. The third-order valence-corrected chi connectivity index (χ3v) is 4.15. The van der Waals surface area contributed by atoms with E-state index >= 15 is 0 Å². The Morgan fingerprint density at radius 2 is 2.20 bits per heavy atom. The van der Waals surface area contributed by atoms with Gasteiger partial charge in [-0.05, 0) is 50.9 Å². The summed E-state index contributed by atoms with van der Waals surface area (Å²) in [7, 11) is 0. The molecule has 0 aromatic heterocycles. The second kappa shape index (κ2) is 3.80. The first-order valence-electron chi connectivity index (χ1n) is 5.27. The predicted molar refractivity (Wildman–Crippen MR) is 65.1 cm³/mol. The van der Waals surface area contributed by atoms with Crippen molar-refractivity contribution in [2.24, 2.45) is 0 Å². The lowest BCUT2D eigenvalue weighted by molar-refractivity contribution is 0.425. The highest BCUT2D eigenvalue weighted by Gasteiger charge is 2.30. The van der Waals surface area contributed by atoms with Crippen LogP contribution >= 0.6 is 15.9 Å². The lowest BCUT2D eigenvalue weighted by atomic mass is 9.90. The average Bonchev–Trinajstić information content (AvgIpc) is 2.62. The van der Waals surface area contributed by atoms with Crippen molar-refractivity contribution in [1.82, 2.24) is 5.32 Å². The molecule has 15 heavy (non-hydrogen) atoms. The van der Waals surface area contributed by atoms with Gasteiger partial charge in [0.25, 0.3) is 0 Å². The maximum absolute atomic E-state index is 9.80. The summed E-state index contributed by atoms with van der Waals surface area (Å²) in [5, 5.41) is 13.3. The average molecular weight is 270 g/mol. The Morgan fingerprint density at radius 3 is 2.73 bits per heavy atom. The molecule has 1 unspecified atom stereocenters. The van der Waals surface area contributed by atoms with E-state index in [-0.39, 0.29) is 5.54 Å². The van der Waals surface area contributed by atoms with Gasteiger partial charge in [-0.25, -0.2) is 0 Å². The summed E-state index contributed by atoms with van der Waals surface area (Å²) in [6.07, 6.45) is 2.32. The van der Waals surface area contributed by atoms with Crippen LogP contribution < -0.4 is 5.32 Å². The highest BCUT2D eigenvalue weighted by molar-refractivity contribution is 9.10. The Bertz CT molecular complexity index is 360. The summed E-state index contributed by atoms with van der Waals surface area (Å²) >= 11 is 3.48. The molecule has 0 amide bonds. The summed E-state index contributed by atoms with van der Waals surface area (Å²) in [4.78, 5) is 0. The summed E-state index contributed by atoms with van der Waals surface area (Å²) in [6.45, 7) is 5.16. The fraction of sp³-hybridized carbons (Fsp3) is 0.500. The third-order valence-electron chi connectivity index (χ3n) is 3.32. The number of nitrogens with one attached hydrogen (secondary N) is 1. The molecule has 1 atom stereocenters. The predicted octanol–water partition coefficient (Wildman–Crippen LogP) is 3.06. The van der Waals surface area contributed by atoms with Crippen molar-refractivity contribution >= 4 is 15.9 Å². The van der Waals surface area contributed by atoms with Crippen LogP contribution in [0.15, 0.2) is 16.6 Å². The molecule has 1 fully saturated rings. The zero-order valence-electron chi connectivity index (χ0n) is 9.10. The lowest BCUT2D eigenvalue weighted by Gasteiger charge is -2.25. The second-order valence-electron chi connectivity index (χ2n) is 4.46.